The molecule has 1 atom stereocenters. The summed E-state index contributed by atoms with van der Waals surface area (Å²) in [4.78, 5) is 35.7. The number of halogens is 1. The molecule has 1 fully saturated rings. The Balaban J connectivity index is 1.52. The summed E-state index contributed by atoms with van der Waals surface area (Å²) in [6.45, 7) is 4.98. The fraction of sp³-hybridized carbons (Fsp3) is 0.308. The quantitative estimate of drug-likeness (QED) is 0.627. The topological polar surface area (TPSA) is 98.4 Å². The molecule has 1 aromatic carbocycles. The van der Waals surface area contributed by atoms with Crippen molar-refractivity contribution in [3.8, 4) is 22.9 Å². The Labute approximate surface area is 196 Å². The number of rotatable bonds is 4. The molecule has 0 radical (unpaired) electrons. The van der Waals surface area contributed by atoms with Gasteiger partial charge in [-0.2, -0.15) is 0 Å². The van der Waals surface area contributed by atoms with E-state index < -0.39 is 23.1 Å². The van der Waals surface area contributed by atoms with E-state index in [9.17, 15) is 14.0 Å². The zero-order chi connectivity index (χ0) is 24.0. The minimum Gasteiger partial charge on any atom is -0.435 e. The first-order valence-corrected chi connectivity index (χ1v) is 11.3. The Hall–Kier alpha value is -3.81. The van der Waals surface area contributed by atoms with Crippen LogP contribution in [0.25, 0.3) is 11.3 Å². The summed E-state index contributed by atoms with van der Waals surface area (Å²) in [6.07, 6.45) is 3.63. The van der Waals surface area contributed by atoms with Crippen LogP contribution in [-0.4, -0.2) is 39.8 Å². The fourth-order valence-corrected chi connectivity index (χ4v) is 4.71. The number of fused-ring (bicyclic) bond motifs is 2. The van der Waals surface area contributed by atoms with Gasteiger partial charge in [0.1, 0.15) is 5.69 Å². The van der Waals surface area contributed by atoms with Crippen molar-refractivity contribution in [3.63, 3.8) is 0 Å². The molecule has 2 aliphatic heterocycles. The van der Waals surface area contributed by atoms with Crippen molar-refractivity contribution in [2.24, 2.45) is 11.1 Å². The van der Waals surface area contributed by atoms with Crippen LogP contribution in [0.5, 0.6) is 11.6 Å². The highest BCUT2D eigenvalue weighted by Gasteiger charge is 2.43. The first-order chi connectivity index (χ1) is 16.3. The molecule has 2 aliphatic rings. The first-order valence-electron chi connectivity index (χ1n) is 11.3. The first kappa shape index (κ1) is 22.0. The summed E-state index contributed by atoms with van der Waals surface area (Å²) in [5.74, 6) is -1.39. The van der Waals surface area contributed by atoms with E-state index in [1.165, 1.54) is 6.07 Å². The second-order valence-electron chi connectivity index (χ2n) is 9.30. The summed E-state index contributed by atoms with van der Waals surface area (Å²) in [7, 11) is 0. The van der Waals surface area contributed by atoms with E-state index in [4.69, 9.17) is 10.5 Å². The number of para-hydroxylation sites is 1. The van der Waals surface area contributed by atoms with Crippen LogP contribution < -0.4 is 10.5 Å². The summed E-state index contributed by atoms with van der Waals surface area (Å²) >= 11 is 0. The van der Waals surface area contributed by atoms with E-state index in [1.807, 2.05) is 6.07 Å². The lowest BCUT2D eigenvalue weighted by Crippen LogP contribution is -2.38. The standard InChI is InChI=1S/C26H25FN4O3/c1-26(2,25(28)33)21-16-6-5-7-18(27)22(16)34-23-17(21)9-11-19(30-23)15-8-10-20(29-14-15)24(32)31-12-3-4-13-31/h5-11,14,21H,3-4,12-13H2,1-2H3,(H2,28,33)/t21-/m0/s1. The lowest BCUT2D eigenvalue weighted by Gasteiger charge is -2.36. The van der Waals surface area contributed by atoms with E-state index in [2.05, 4.69) is 9.97 Å². The summed E-state index contributed by atoms with van der Waals surface area (Å²) in [5.41, 5.74) is 7.55. The summed E-state index contributed by atoms with van der Waals surface area (Å²) in [6, 6.07) is 11.7. The van der Waals surface area contributed by atoms with Crippen molar-refractivity contribution in [1.82, 2.24) is 14.9 Å². The highest BCUT2D eigenvalue weighted by molar-refractivity contribution is 5.92. The Kier molecular flexibility index (Phi) is 5.31. The average molecular weight is 461 g/mol. The van der Waals surface area contributed by atoms with Gasteiger partial charge in [0.25, 0.3) is 5.91 Å². The van der Waals surface area contributed by atoms with Crippen molar-refractivity contribution in [2.45, 2.75) is 32.6 Å². The van der Waals surface area contributed by atoms with Crippen molar-refractivity contribution in [1.29, 1.82) is 0 Å². The SMILES string of the molecule is CC(C)(C(N)=O)[C@@H]1c2ccc(-c3ccc(C(=O)N4CCCC4)nc3)nc2Oc2c(F)cccc21. The number of nitrogens with two attached hydrogens (primary N) is 1. The lowest BCUT2D eigenvalue weighted by molar-refractivity contribution is -0.126. The van der Waals surface area contributed by atoms with Crippen LogP contribution >= 0.6 is 0 Å². The van der Waals surface area contributed by atoms with Crippen LogP contribution in [0.1, 0.15) is 54.2 Å². The second kappa shape index (κ2) is 8.20. The van der Waals surface area contributed by atoms with E-state index in [1.54, 1.807) is 55.3 Å². The average Bonchev–Trinajstić information content (AvgIpc) is 3.37. The molecular formula is C26H25FN4O3. The molecule has 3 aromatic rings. The zero-order valence-electron chi connectivity index (χ0n) is 19.0. The highest BCUT2D eigenvalue weighted by atomic mass is 19.1. The van der Waals surface area contributed by atoms with E-state index in [0.717, 1.165) is 25.9 Å². The third kappa shape index (κ3) is 3.59. The fourth-order valence-electron chi connectivity index (χ4n) is 4.71. The van der Waals surface area contributed by atoms with Gasteiger partial charge in [0.05, 0.1) is 11.1 Å². The molecule has 1 saturated heterocycles. The third-order valence-corrected chi connectivity index (χ3v) is 6.74. The van der Waals surface area contributed by atoms with Gasteiger partial charge in [-0.3, -0.25) is 14.6 Å². The van der Waals surface area contributed by atoms with Crippen molar-refractivity contribution < 1.29 is 18.7 Å². The van der Waals surface area contributed by atoms with Gasteiger partial charge in [-0.1, -0.05) is 32.0 Å². The van der Waals surface area contributed by atoms with Crippen LogP contribution in [0.2, 0.25) is 0 Å². The number of amides is 2. The van der Waals surface area contributed by atoms with Gasteiger partial charge in [0.2, 0.25) is 11.8 Å². The van der Waals surface area contributed by atoms with Gasteiger partial charge >= 0.3 is 0 Å². The molecule has 2 amide bonds. The molecule has 34 heavy (non-hydrogen) atoms. The summed E-state index contributed by atoms with van der Waals surface area (Å²) < 4.78 is 20.6. The molecule has 2 aromatic heterocycles. The van der Waals surface area contributed by atoms with Crippen LogP contribution in [-0.2, 0) is 4.79 Å². The molecule has 174 valence electrons. The molecule has 7 nitrogen and oxygen atoms in total. The van der Waals surface area contributed by atoms with Gasteiger partial charge < -0.3 is 15.4 Å². The molecule has 0 bridgehead atoms. The molecule has 0 aliphatic carbocycles. The Morgan fingerprint density at radius 3 is 2.53 bits per heavy atom. The van der Waals surface area contributed by atoms with E-state index in [0.29, 0.717) is 28.1 Å². The van der Waals surface area contributed by atoms with Crippen LogP contribution in [0, 0.1) is 11.2 Å². The number of primary amides is 1. The maximum atomic E-state index is 14.7. The molecule has 8 heteroatoms. The molecule has 2 N–H and O–H groups in total. The van der Waals surface area contributed by atoms with Crippen molar-refractivity contribution in [2.75, 3.05) is 13.1 Å². The minimum absolute atomic E-state index is 0.0451. The monoisotopic (exact) mass is 460 g/mol. The Morgan fingerprint density at radius 2 is 1.85 bits per heavy atom. The predicted molar refractivity (Wildman–Crippen MR) is 124 cm³/mol. The number of aromatic nitrogens is 2. The Bertz CT molecular complexity index is 1280. The number of likely N-dealkylation sites (tertiary alicyclic amines) is 1. The van der Waals surface area contributed by atoms with Gasteiger partial charge in [-0.15, -0.1) is 0 Å². The number of carbonyl (C=O) groups excluding carboxylic acids is 2. The van der Waals surface area contributed by atoms with Crippen LogP contribution in [0.3, 0.4) is 0 Å². The number of ether oxygens (including phenoxy) is 1. The van der Waals surface area contributed by atoms with Gasteiger partial charge in [0.15, 0.2) is 11.6 Å². The third-order valence-electron chi connectivity index (χ3n) is 6.74. The van der Waals surface area contributed by atoms with Crippen molar-refractivity contribution >= 4 is 11.8 Å². The second-order valence-corrected chi connectivity index (χ2v) is 9.30. The smallest absolute Gasteiger partial charge is 0.272 e. The minimum atomic E-state index is -1.01. The number of benzene rings is 1. The van der Waals surface area contributed by atoms with Crippen LogP contribution in [0.15, 0.2) is 48.7 Å². The molecule has 0 unspecified atom stereocenters. The number of hydrogen-bond acceptors (Lipinski definition) is 5. The maximum absolute atomic E-state index is 14.7. The van der Waals surface area contributed by atoms with Gasteiger partial charge in [-0.25, -0.2) is 9.37 Å². The lowest BCUT2D eigenvalue weighted by atomic mass is 9.70. The number of carbonyl (C=O) groups is 2. The van der Waals surface area contributed by atoms with E-state index >= 15 is 0 Å². The largest absolute Gasteiger partial charge is 0.435 e. The molecule has 0 saturated carbocycles. The van der Waals surface area contributed by atoms with Crippen molar-refractivity contribution in [3.05, 3.63) is 71.3 Å². The molecule has 4 heterocycles. The predicted octanol–water partition coefficient (Wildman–Crippen LogP) is 4.27. The zero-order valence-corrected chi connectivity index (χ0v) is 19.0. The number of nitrogens with zero attached hydrogens (tertiary/aromatic N) is 3. The molecule has 0 spiro atoms. The van der Waals surface area contributed by atoms with E-state index in [-0.39, 0.29) is 17.5 Å². The maximum Gasteiger partial charge on any atom is 0.272 e. The molecule has 5 rings (SSSR count). The number of pyridine rings is 2. The highest BCUT2D eigenvalue weighted by Crippen LogP contribution is 2.52. The molecular weight excluding hydrogens is 435 g/mol. The van der Waals surface area contributed by atoms with Gasteiger partial charge in [0, 0.05) is 41.9 Å². The summed E-state index contributed by atoms with van der Waals surface area (Å²) in [5, 5.41) is 0. The Morgan fingerprint density at radius 1 is 1.09 bits per heavy atom. The van der Waals surface area contributed by atoms with Gasteiger partial charge in [-0.05, 0) is 37.1 Å². The normalized spacial score (nSPS) is 17.0. The van der Waals surface area contributed by atoms with Crippen LogP contribution in [0.4, 0.5) is 4.39 Å². The number of hydrogen-bond donors (Lipinski definition) is 1.